The van der Waals surface area contributed by atoms with E-state index in [1.165, 1.54) is 0 Å². The highest BCUT2D eigenvalue weighted by molar-refractivity contribution is 7.00. The topological polar surface area (TPSA) is 97.6 Å². The van der Waals surface area contributed by atoms with Crippen molar-refractivity contribution in [1.29, 1.82) is 0 Å². The summed E-state index contributed by atoms with van der Waals surface area (Å²) in [4.78, 5) is 31.3. The van der Waals surface area contributed by atoms with Crippen molar-refractivity contribution in [2.45, 2.75) is 57.5 Å². The zero-order chi connectivity index (χ0) is 41.7. The van der Waals surface area contributed by atoms with E-state index >= 15 is 0 Å². The van der Waals surface area contributed by atoms with Crippen LogP contribution >= 0.6 is 0 Å². The van der Waals surface area contributed by atoms with Crippen LogP contribution in [-0.4, -0.2) is 112 Å². The fourth-order valence-corrected chi connectivity index (χ4v) is 12.7. The normalized spacial score (nSPS) is 18.6. The van der Waals surface area contributed by atoms with Crippen molar-refractivity contribution in [2.24, 2.45) is 0 Å². The van der Waals surface area contributed by atoms with E-state index in [-0.39, 0.29) is 23.3 Å². The van der Waals surface area contributed by atoms with E-state index in [4.69, 9.17) is 13.9 Å². The number of piperazine rings is 1. The number of nitrogens with zero attached hydrogens (tertiary/aromatic N) is 4. The lowest BCUT2D eigenvalue weighted by Crippen LogP contribution is -2.68. The smallest absolute Gasteiger partial charge is 0.416 e. The van der Waals surface area contributed by atoms with Crippen molar-refractivity contribution in [3.63, 3.8) is 0 Å². The summed E-state index contributed by atoms with van der Waals surface area (Å²) in [5.41, 5.74) is -0.537. The average molecular weight is 819 g/mol. The van der Waals surface area contributed by atoms with Gasteiger partial charge in [-0.1, -0.05) is 93.6 Å². The molecule has 2 aliphatic rings. The maximum Gasteiger partial charge on any atom is 0.416 e. The predicted molar refractivity (Wildman–Crippen MR) is 221 cm³/mol. The van der Waals surface area contributed by atoms with E-state index in [9.17, 15) is 28.1 Å². The molecule has 2 fully saturated rings. The first kappa shape index (κ1) is 43.0. The van der Waals surface area contributed by atoms with E-state index in [0.717, 1.165) is 59.0 Å². The Labute approximate surface area is 339 Å². The van der Waals surface area contributed by atoms with Crippen molar-refractivity contribution in [1.82, 2.24) is 14.7 Å². The first-order chi connectivity index (χ1) is 27.6. The summed E-state index contributed by atoms with van der Waals surface area (Å²) in [7, 11) is -1.35. The van der Waals surface area contributed by atoms with Gasteiger partial charge in [0.15, 0.2) is 0 Å². The molecule has 2 atom stereocenters. The van der Waals surface area contributed by atoms with E-state index in [2.05, 4.69) is 54.8 Å². The van der Waals surface area contributed by atoms with Crippen LogP contribution in [0.5, 0.6) is 5.75 Å². The van der Waals surface area contributed by atoms with Crippen LogP contribution in [-0.2, 0) is 22.1 Å². The summed E-state index contributed by atoms with van der Waals surface area (Å²) in [6.07, 6.45) is -4.50. The van der Waals surface area contributed by atoms with Gasteiger partial charge in [0.25, 0.3) is 11.6 Å². The van der Waals surface area contributed by atoms with Crippen LogP contribution in [0.4, 0.5) is 18.9 Å². The second kappa shape index (κ2) is 18.1. The average Bonchev–Trinajstić information content (AvgIpc) is 3.20. The number of nitro groups is 1. The number of amides is 1. The minimum Gasteiger partial charge on any atom is -0.534 e. The third-order valence-electron chi connectivity index (χ3n) is 11.2. The zero-order valence-electron chi connectivity index (χ0n) is 33.8. The molecule has 0 aromatic heterocycles. The number of rotatable bonds is 13. The molecule has 0 N–H and O–H groups in total. The fraction of sp³-hybridized carbons (Fsp3) is 0.432. The maximum atomic E-state index is 14.3. The van der Waals surface area contributed by atoms with Gasteiger partial charge < -0.3 is 18.8 Å². The predicted octanol–water partition coefficient (Wildman–Crippen LogP) is 6.58. The molecule has 2 unspecified atom stereocenters. The molecule has 14 heteroatoms. The number of halogens is 3. The van der Waals surface area contributed by atoms with Gasteiger partial charge in [-0.05, 0) is 52.0 Å². The van der Waals surface area contributed by atoms with Crippen LogP contribution in [0.3, 0.4) is 0 Å². The summed E-state index contributed by atoms with van der Waals surface area (Å²) in [6.45, 7) is 14.0. The van der Waals surface area contributed by atoms with Crippen LogP contribution in [0.2, 0.25) is 5.04 Å². The Hall–Kier alpha value is -4.60. The number of hydrogen-bond donors (Lipinski definition) is 0. The van der Waals surface area contributed by atoms with Gasteiger partial charge in [0.1, 0.15) is 5.75 Å². The molecular weight excluding hydrogens is 766 g/mol. The van der Waals surface area contributed by atoms with Crippen LogP contribution in [0.15, 0.2) is 97.1 Å². The van der Waals surface area contributed by atoms with Crippen molar-refractivity contribution < 1.29 is 36.8 Å². The number of ether oxygens (including phenoxy) is 2. The molecule has 58 heavy (non-hydrogen) atoms. The molecule has 0 spiro atoms. The molecule has 0 saturated carbocycles. The minimum absolute atomic E-state index is 0.0145. The van der Waals surface area contributed by atoms with E-state index < -0.39 is 42.6 Å². The second-order valence-electron chi connectivity index (χ2n) is 16.3. The third-order valence-corrected chi connectivity index (χ3v) is 16.2. The van der Waals surface area contributed by atoms with Crippen LogP contribution in [0, 0.1) is 17.0 Å². The Morgan fingerprint density at radius 3 is 2.10 bits per heavy atom. The molecule has 4 aromatic carbocycles. The van der Waals surface area contributed by atoms with Crippen molar-refractivity contribution in [3.05, 3.63) is 129 Å². The molecule has 310 valence electrons. The Kier molecular flexibility index (Phi) is 13.4. The summed E-state index contributed by atoms with van der Waals surface area (Å²) in [6, 6.07) is 28.4. The quantitative estimate of drug-likeness (QED) is 0.0850. The first-order valence-corrected chi connectivity index (χ1v) is 21.6. The largest absolute Gasteiger partial charge is 0.534 e. The van der Waals surface area contributed by atoms with Crippen LogP contribution in [0.1, 0.15) is 47.8 Å². The standard InChI is InChI=1S/C44H53F3N4O6Si/c1-32-16-17-33(25-41(32)57-58(43(2,3)4,39-12-8-6-9-13-39)40-14-10-7-11-15-40)24-37-29-48(18-19-49-22-23-56-38(30-49)31-55-5)20-21-50(37)42(52)34-26-35(44(45,46)47)28-36(27-34)51(53)54/h6-17,25-28,37-38H,18-24,29-31H2,1-5H3. The van der Waals surface area contributed by atoms with Gasteiger partial charge >= 0.3 is 14.5 Å². The maximum absolute atomic E-state index is 14.3. The van der Waals surface area contributed by atoms with E-state index in [1.54, 1.807) is 12.0 Å². The molecule has 0 bridgehead atoms. The van der Waals surface area contributed by atoms with E-state index in [0.29, 0.717) is 45.3 Å². The zero-order valence-corrected chi connectivity index (χ0v) is 34.8. The Morgan fingerprint density at radius 1 is 0.879 bits per heavy atom. The molecule has 4 aromatic rings. The summed E-state index contributed by atoms with van der Waals surface area (Å²) < 4.78 is 60.4. The number of methoxy groups -OCH3 is 1. The van der Waals surface area contributed by atoms with Crippen LogP contribution < -0.4 is 14.8 Å². The number of carbonyl (C=O) groups excluding carboxylic acids is 1. The van der Waals surface area contributed by atoms with Gasteiger partial charge in [0, 0.05) is 76.7 Å². The molecular formula is C44H53F3N4O6Si. The molecule has 2 saturated heterocycles. The lowest BCUT2D eigenvalue weighted by molar-refractivity contribution is -0.385. The van der Waals surface area contributed by atoms with Gasteiger partial charge in [-0.3, -0.25) is 24.7 Å². The molecule has 1 amide bonds. The molecule has 2 heterocycles. The number of morpholine rings is 1. The third kappa shape index (κ3) is 9.80. The van der Waals surface area contributed by atoms with E-state index in [1.807, 2.05) is 61.5 Å². The Bertz CT molecular complexity index is 1990. The number of non-ortho nitro benzene ring substituents is 1. The molecule has 6 rings (SSSR count). The Balaban J connectivity index is 1.33. The minimum atomic E-state index is -4.87. The van der Waals surface area contributed by atoms with Gasteiger partial charge in [0.2, 0.25) is 0 Å². The number of nitro benzene ring substituents is 1. The number of alkyl halides is 3. The molecule has 0 aliphatic carbocycles. The summed E-state index contributed by atoms with van der Waals surface area (Å²) >= 11 is 0. The monoisotopic (exact) mass is 818 g/mol. The van der Waals surface area contributed by atoms with Crippen LogP contribution in [0.25, 0.3) is 0 Å². The molecule has 2 aliphatic heterocycles. The SMILES string of the molecule is COCC1CN(CCN2CCN(C(=O)c3cc([N+](=O)[O-])cc(C(F)(F)F)c3)C(Cc3ccc(C)c(O[Si](c4ccccc4)(c4ccccc4)C(C)(C)C)c3)C2)CCO1. The fourth-order valence-electron chi connectivity index (χ4n) is 8.26. The lowest BCUT2D eigenvalue weighted by Gasteiger charge is -2.44. The van der Waals surface area contributed by atoms with Gasteiger partial charge in [-0.25, -0.2) is 0 Å². The molecule has 0 radical (unpaired) electrons. The summed E-state index contributed by atoms with van der Waals surface area (Å²) in [5, 5.41) is 13.7. The second-order valence-corrected chi connectivity index (χ2v) is 20.5. The van der Waals surface area contributed by atoms with Crippen molar-refractivity contribution >= 4 is 30.3 Å². The number of aryl methyl sites for hydroxylation is 1. The summed E-state index contributed by atoms with van der Waals surface area (Å²) in [5.74, 6) is 0.0501. The Morgan fingerprint density at radius 2 is 1.52 bits per heavy atom. The highest BCUT2D eigenvalue weighted by Gasteiger charge is 2.52. The number of carbonyl (C=O) groups is 1. The van der Waals surface area contributed by atoms with Gasteiger partial charge in [0.05, 0.1) is 29.8 Å². The highest BCUT2D eigenvalue weighted by Crippen LogP contribution is 2.39. The van der Waals surface area contributed by atoms with Gasteiger partial charge in [-0.2, -0.15) is 13.2 Å². The van der Waals surface area contributed by atoms with Crippen molar-refractivity contribution in [3.8, 4) is 5.75 Å². The number of benzene rings is 4. The molecule has 10 nitrogen and oxygen atoms in total. The first-order valence-electron chi connectivity index (χ1n) is 19.7. The van der Waals surface area contributed by atoms with Gasteiger partial charge in [-0.15, -0.1) is 0 Å². The van der Waals surface area contributed by atoms with Crippen molar-refractivity contribution in [2.75, 3.05) is 66.1 Å². The lowest BCUT2D eigenvalue weighted by atomic mass is 9.99. The number of hydrogen-bond acceptors (Lipinski definition) is 8. The highest BCUT2D eigenvalue weighted by atomic mass is 28.4.